The highest BCUT2D eigenvalue weighted by Crippen LogP contribution is 2.34. The predicted octanol–water partition coefficient (Wildman–Crippen LogP) is 5.82. The number of carbonyl (C=O) groups excluding carboxylic acids is 1. The first-order valence-electron chi connectivity index (χ1n) is 7.31. The zero-order valence-electron chi connectivity index (χ0n) is 12.2. The lowest BCUT2D eigenvalue weighted by Crippen LogP contribution is -2.00. The maximum absolute atomic E-state index is 10.8. The van der Waals surface area contributed by atoms with Gasteiger partial charge in [-0.2, -0.15) is 0 Å². The van der Waals surface area contributed by atoms with Crippen molar-refractivity contribution in [2.75, 3.05) is 6.61 Å². The molecule has 0 unspecified atom stereocenters. The molecule has 22 heavy (non-hydrogen) atoms. The number of rotatable bonds is 8. The minimum Gasteiger partial charge on any atom is -0.491 e. The van der Waals surface area contributed by atoms with E-state index in [1.165, 1.54) is 12.0 Å². The Hall–Kier alpha value is -1.13. The summed E-state index contributed by atoms with van der Waals surface area (Å²) in [7, 11) is 0. The molecule has 0 radical (unpaired) electrons. The second kappa shape index (κ2) is 9.11. The number of unbranched alkanes of at least 4 members (excludes halogenated alkanes) is 2. The molecule has 2 nitrogen and oxygen atoms in total. The van der Waals surface area contributed by atoms with Gasteiger partial charge in [-0.25, -0.2) is 0 Å². The molecule has 0 aromatic heterocycles. The number of hydrogen-bond donors (Lipinski definition) is 0. The van der Waals surface area contributed by atoms with Crippen molar-refractivity contribution in [2.24, 2.45) is 0 Å². The van der Waals surface area contributed by atoms with Crippen molar-refractivity contribution in [3.8, 4) is 5.75 Å². The lowest BCUT2D eigenvalue weighted by atomic mass is 10.1. The van der Waals surface area contributed by atoms with Gasteiger partial charge in [0.15, 0.2) is 0 Å². The molecule has 2 rings (SSSR count). The average molecular weight is 426 g/mol. The lowest BCUT2D eigenvalue weighted by Gasteiger charge is -2.11. The molecule has 0 aliphatic carbocycles. The van der Waals surface area contributed by atoms with Gasteiger partial charge in [-0.15, -0.1) is 0 Å². The van der Waals surface area contributed by atoms with Crippen LogP contribution in [0, 0.1) is 0 Å². The summed E-state index contributed by atoms with van der Waals surface area (Å²) in [6, 6.07) is 14.1. The van der Waals surface area contributed by atoms with E-state index < -0.39 is 0 Å². The second-order valence-electron chi connectivity index (χ2n) is 5.08. The van der Waals surface area contributed by atoms with E-state index in [1.807, 2.05) is 6.07 Å². The van der Waals surface area contributed by atoms with E-state index in [0.29, 0.717) is 12.2 Å². The molecule has 0 heterocycles. The molecule has 0 aliphatic heterocycles. The summed E-state index contributed by atoms with van der Waals surface area (Å²) in [5, 5.41) is 0. The van der Waals surface area contributed by atoms with E-state index in [9.17, 15) is 4.79 Å². The molecular formula is C18H18Br2O2. The molecule has 0 saturated heterocycles. The lowest BCUT2D eigenvalue weighted by molar-refractivity contribution is 0.112. The van der Waals surface area contributed by atoms with Gasteiger partial charge in [0.1, 0.15) is 12.0 Å². The smallest absolute Gasteiger partial charge is 0.150 e. The van der Waals surface area contributed by atoms with Crippen molar-refractivity contribution in [3.05, 3.63) is 62.5 Å². The first kappa shape index (κ1) is 17.2. The molecule has 0 N–H and O–H groups in total. The molecule has 0 atom stereocenters. The molecule has 0 amide bonds. The Labute approximate surface area is 148 Å². The fraction of sp³-hybridized carbons (Fsp3) is 0.278. The maximum Gasteiger partial charge on any atom is 0.150 e. The summed E-state index contributed by atoms with van der Waals surface area (Å²) in [6.07, 6.45) is 5.25. The number of hydrogen-bond acceptors (Lipinski definition) is 2. The van der Waals surface area contributed by atoms with Gasteiger partial charge in [0.05, 0.1) is 15.6 Å². The first-order valence-corrected chi connectivity index (χ1v) is 8.90. The standard InChI is InChI=1S/C18H18Br2O2/c19-16-11-15(13-21)12-17(20)18(16)22-10-6-2-5-9-14-7-3-1-4-8-14/h1,3-4,7-8,11-13H,2,5-6,9-10H2. The van der Waals surface area contributed by atoms with Gasteiger partial charge in [-0.1, -0.05) is 30.3 Å². The highest BCUT2D eigenvalue weighted by molar-refractivity contribution is 9.11. The summed E-state index contributed by atoms with van der Waals surface area (Å²) >= 11 is 6.88. The minimum atomic E-state index is 0.619. The number of aldehydes is 1. The summed E-state index contributed by atoms with van der Waals surface area (Å²) in [6.45, 7) is 0.673. The van der Waals surface area contributed by atoms with Crippen molar-refractivity contribution >= 4 is 38.1 Å². The van der Waals surface area contributed by atoms with E-state index >= 15 is 0 Å². The third-order valence-electron chi connectivity index (χ3n) is 3.36. The summed E-state index contributed by atoms with van der Waals surface area (Å²) < 4.78 is 7.41. The van der Waals surface area contributed by atoms with Gasteiger partial charge >= 0.3 is 0 Å². The van der Waals surface area contributed by atoms with Crippen LogP contribution < -0.4 is 4.74 Å². The van der Waals surface area contributed by atoms with E-state index in [4.69, 9.17) is 4.74 Å². The number of aryl methyl sites for hydroxylation is 1. The van der Waals surface area contributed by atoms with Gasteiger partial charge < -0.3 is 4.74 Å². The van der Waals surface area contributed by atoms with Crippen LogP contribution in [0.25, 0.3) is 0 Å². The van der Waals surface area contributed by atoms with Crippen molar-refractivity contribution in [1.82, 2.24) is 0 Å². The third kappa shape index (κ3) is 5.25. The molecule has 0 aliphatic rings. The normalized spacial score (nSPS) is 10.5. The molecule has 0 fully saturated rings. The quantitative estimate of drug-likeness (QED) is 0.393. The first-order chi connectivity index (χ1) is 10.7. The van der Waals surface area contributed by atoms with Crippen LogP contribution in [0.4, 0.5) is 0 Å². The van der Waals surface area contributed by atoms with Crippen LogP contribution in [0.15, 0.2) is 51.4 Å². The van der Waals surface area contributed by atoms with Crippen molar-refractivity contribution in [1.29, 1.82) is 0 Å². The Morgan fingerprint density at radius 3 is 2.27 bits per heavy atom. The SMILES string of the molecule is O=Cc1cc(Br)c(OCCCCCc2ccccc2)c(Br)c1. The average Bonchev–Trinajstić information content (AvgIpc) is 2.53. The highest BCUT2D eigenvalue weighted by Gasteiger charge is 2.08. The highest BCUT2D eigenvalue weighted by atomic mass is 79.9. The van der Waals surface area contributed by atoms with E-state index in [-0.39, 0.29) is 0 Å². The molecular weight excluding hydrogens is 408 g/mol. The van der Waals surface area contributed by atoms with Gasteiger partial charge in [0, 0.05) is 5.56 Å². The molecule has 2 aromatic rings. The van der Waals surface area contributed by atoms with Crippen LogP contribution >= 0.6 is 31.9 Å². The number of benzene rings is 2. The summed E-state index contributed by atoms with van der Waals surface area (Å²) in [5.41, 5.74) is 2.01. The predicted molar refractivity (Wildman–Crippen MR) is 96.7 cm³/mol. The van der Waals surface area contributed by atoms with E-state index in [0.717, 1.165) is 40.2 Å². The fourth-order valence-electron chi connectivity index (χ4n) is 2.21. The second-order valence-corrected chi connectivity index (χ2v) is 6.78. The van der Waals surface area contributed by atoms with Crippen molar-refractivity contribution in [2.45, 2.75) is 25.7 Å². The zero-order chi connectivity index (χ0) is 15.8. The zero-order valence-corrected chi connectivity index (χ0v) is 15.4. The Morgan fingerprint density at radius 2 is 1.64 bits per heavy atom. The minimum absolute atomic E-state index is 0.619. The maximum atomic E-state index is 10.8. The van der Waals surface area contributed by atoms with Crippen molar-refractivity contribution in [3.63, 3.8) is 0 Å². The van der Waals surface area contributed by atoms with Gasteiger partial charge in [-0.05, 0) is 75.2 Å². The largest absolute Gasteiger partial charge is 0.491 e. The number of halogens is 2. The fourth-order valence-corrected chi connectivity index (χ4v) is 3.66. The molecule has 0 bridgehead atoms. The topological polar surface area (TPSA) is 26.3 Å². The van der Waals surface area contributed by atoms with Gasteiger partial charge in [0.25, 0.3) is 0 Å². The Morgan fingerprint density at radius 1 is 0.955 bits per heavy atom. The summed E-state index contributed by atoms with van der Waals surface area (Å²) in [4.78, 5) is 10.8. The van der Waals surface area contributed by atoms with E-state index in [1.54, 1.807) is 12.1 Å². The Balaban J connectivity index is 1.72. The molecule has 4 heteroatoms. The van der Waals surface area contributed by atoms with Crippen molar-refractivity contribution < 1.29 is 9.53 Å². The van der Waals surface area contributed by atoms with Gasteiger partial charge in [0.2, 0.25) is 0 Å². The Kier molecular flexibility index (Phi) is 7.13. The van der Waals surface area contributed by atoms with Crippen LogP contribution in [-0.4, -0.2) is 12.9 Å². The van der Waals surface area contributed by atoms with Crippen LogP contribution in [0.1, 0.15) is 35.2 Å². The molecule has 0 spiro atoms. The molecule has 2 aromatic carbocycles. The van der Waals surface area contributed by atoms with Crippen LogP contribution in [-0.2, 0) is 6.42 Å². The van der Waals surface area contributed by atoms with Crippen LogP contribution in [0.5, 0.6) is 5.75 Å². The van der Waals surface area contributed by atoms with Crippen LogP contribution in [0.3, 0.4) is 0 Å². The summed E-state index contributed by atoms with van der Waals surface area (Å²) in [5.74, 6) is 0.758. The number of carbonyl (C=O) groups is 1. The number of ether oxygens (including phenoxy) is 1. The van der Waals surface area contributed by atoms with Gasteiger partial charge in [-0.3, -0.25) is 4.79 Å². The molecule has 116 valence electrons. The third-order valence-corrected chi connectivity index (χ3v) is 4.53. The Bertz CT molecular complexity index is 589. The monoisotopic (exact) mass is 424 g/mol. The van der Waals surface area contributed by atoms with Crippen LogP contribution in [0.2, 0.25) is 0 Å². The molecule has 0 saturated carbocycles. The van der Waals surface area contributed by atoms with E-state index in [2.05, 4.69) is 56.1 Å².